The molecule has 0 radical (unpaired) electrons. The van der Waals surface area contributed by atoms with E-state index in [0.717, 1.165) is 13.1 Å². The van der Waals surface area contributed by atoms with Crippen LogP contribution in [0.5, 0.6) is 0 Å². The molecule has 0 saturated heterocycles. The molecular weight excluding hydrogens is 182 g/mol. The molecule has 1 aliphatic rings. The van der Waals surface area contributed by atoms with Crippen LogP contribution in [0.2, 0.25) is 0 Å². The summed E-state index contributed by atoms with van der Waals surface area (Å²) in [7, 11) is 0. The van der Waals surface area contributed by atoms with Gasteiger partial charge in [0.2, 0.25) is 0 Å². The molecule has 15 heavy (non-hydrogen) atoms. The lowest BCUT2D eigenvalue weighted by atomic mass is 9.79. The fraction of sp³-hybridized carbons (Fsp3) is 0.571. The maximum absolute atomic E-state index is 3.51. The first kappa shape index (κ1) is 10.7. The van der Waals surface area contributed by atoms with Crippen molar-refractivity contribution >= 4 is 0 Å². The monoisotopic (exact) mass is 203 g/mol. The van der Waals surface area contributed by atoms with Crippen LogP contribution in [0.1, 0.15) is 44.2 Å². The average molecular weight is 203 g/mol. The summed E-state index contributed by atoms with van der Waals surface area (Å²) in [6, 6.07) is 8.85. The lowest BCUT2D eigenvalue weighted by molar-refractivity contribution is 0.325. The second-order valence-electron chi connectivity index (χ2n) is 5.79. The molecule has 0 aliphatic carbocycles. The van der Waals surface area contributed by atoms with Crippen molar-refractivity contribution in [3.63, 3.8) is 0 Å². The molecule has 1 aromatic carbocycles. The third-order valence-electron chi connectivity index (χ3n) is 3.06. The summed E-state index contributed by atoms with van der Waals surface area (Å²) in [5.41, 5.74) is 3.46. The molecule has 1 atom stereocenters. The van der Waals surface area contributed by atoms with Crippen LogP contribution in [-0.2, 0) is 6.54 Å². The Hall–Kier alpha value is -0.820. The third kappa shape index (κ3) is 2.60. The number of nitrogens with one attached hydrogen (secondary N) is 1. The van der Waals surface area contributed by atoms with Crippen molar-refractivity contribution in [1.82, 2.24) is 5.32 Å². The molecule has 0 spiro atoms. The first-order chi connectivity index (χ1) is 7.06. The Balaban J connectivity index is 2.22. The van der Waals surface area contributed by atoms with Crippen LogP contribution < -0.4 is 5.32 Å². The summed E-state index contributed by atoms with van der Waals surface area (Å²) >= 11 is 0. The standard InChI is InChI=1S/C14H21N/c1-14(2,3)8-12-10-15-9-11-6-4-5-7-13(11)12/h4-7,12,15H,8-10H2,1-3H3. The van der Waals surface area contributed by atoms with Gasteiger partial charge in [0.25, 0.3) is 0 Å². The van der Waals surface area contributed by atoms with Gasteiger partial charge in [-0.15, -0.1) is 0 Å². The SMILES string of the molecule is CC(C)(C)CC1CNCc2ccccc21. The molecule has 2 rings (SSSR count). The van der Waals surface area contributed by atoms with Crippen LogP contribution in [0, 0.1) is 5.41 Å². The van der Waals surface area contributed by atoms with Crippen LogP contribution in [-0.4, -0.2) is 6.54 Å². The number of hydrogen-bond donors (Lipinski definition) is 1. The van der Waals surface area contributed by atoms with Crippen molar-refractivity contribution < 1.29 is 0 Å². The van der Waals surface area contributed by atoms with Gasteiger partial charge in [0.15, 0.2) is 0 Å². The normalized spacial score (nSPS) is 21.1. The van der Waals surface area contributed by atoms with Gasteiger partial charge in [-0.25, -0.2) is 0 Å². The van der Waals surface area contributed by atoms with Gasteiger partial charge in [-0.05, 0) is 28.9 Å². The number of fused-ring (bicyclic) bond motifs is 1. The predicted octanol–water partition coefficient (Wildman–Crippen LogP) is 3.31. The van der Waals surface area contributed by atoms with E-state index in [2.05, 4.69) is 50.4 Å². The smallest absolute Gasteiger partial charge is 0.0208 e. The van der Waals surface area contributed by atoms with Crippen molar-refractivity contribution in [2.45, 2.75) is 39.7 Å². The Labute approximate surface area is 92.9 Å². The minimum absolute atomic E-state index is 0.413. The highest BCUT2D eigenvalue weighted by molar-refractivity contribution is 5.32. The summed E-state index contributed by atoms with van der Waals surface area (Å²) < 4.78 is 0. The van der Waals surface area contributed by atoms with E-state index in [1.165, 1.54) is 12.0 Å². The highest BCUT2D eigenvalue weighted by atomic mass is 14.9. The maximum atomic E-state index is 3.51. The van der Waals surface area contributed by atoms with E-state index in [0.29, 0.717) is 11.3 Å². The molecule has 1 aliphatic heterocycles. The van der Waals surface area contributed by atoms with Crippen molar-refractivity contribution in [3.8, 4) is 0 Å². The number of rotatable bonds is 1. The van der Waals surface area contributed by atoms with E-state index in [4.69, 9.17) is 0 Å². The van der Waals surface area contributed by atoms with Gasteiger partial charge in [0, 0.05) is 13.1 Å². The van der Waals surface area contributed by atoms with Gasteiger partial charge in [0.05, 0.1) is 0 Å². The van der Waals surface area contributed by atoms with Crippen LogP contribution in [0.4, 0.5) is 0 Å². The second kappa shape index (κ2) is 3.97. The topological polar surface area (TPSA) is 12.0 Å². The fourth-order valence-electron chi connectivity index (χ4n) is 2.51. The van der Waals surface area contributed by atoms with Gasteiger partial charge in [-0.1, -0.05) is 45.0 Å². The third-order valence-corrected chi connectivity index (χ3v) is 3.06. The molecule has 1 N–H and O–H groups in total. The van der Waals surface area contributed by atoms with Crippen molar-refractivity contribution in [3.05, 3.63) is 35.4 Å². The maximum Gasteiger partial charge on any atom is 0.0208 e. The van der Waals surface area contributed by atoms with E-state index in [1.807, 2.05) is 0 Å². The summed E-state index contributed by atoms with van der Waals surface area (Å²) in [4.78, 5) is 0. The second-order valence-corrected chi connectivity index (χ2v) is 5.79. The van der Waals surface area contributed by atoms with E-state index >= 15 is 0 Å². The Morgan fingerprint density at radius 1 is 1.27 bits per heavy atom. The van der Waals surface area contributed by atoms with E-state index in [1.54, 1.807) is 5.56 Å². The summed E-state index contributed by atoms with van der Waals surface area (Å²) in [6.07, 6.45) is 1.26. The van der Waals surface area contributed by atoms with E-state index in [-0.39, 0.29) is 0 Å². The Bertz CT molecular complexity index is 335. The Morgan fingerprint density at radius 3 is 2.73 bits per heavy atom. The molecule has 0 aromatic heterocycles. The molecule has 1 heteroatoms. The zero-order chi connectivity index (χ0) is 10.9. The van der Waals surface area contributed by atoms with E-state index < -0.39 is 0 Å². The lowest BCUT2D eigenvalue weighted by Crippen LogP contribution is -2.30. The molecule has 1 unspecified atom stereocenters. The first-order valence-electron chi connectivity index (χ1n) is 5.85. The minimum Gasteiger partial charge on any atom is -0.312 e. The number of hydrogen-bond acceptors (Lipinski definition) is 1. The van der Waals surface area contributed by atoms with Gasteiger partial charge in [-0.2, -0.15) is 0 Å². The lowest BCUT2D eigenvalue weighted by Gasteiger charge is -2.31. The van der Waals surface area contributed by atoms with Gasteiger partial charge < -0.3 is 5.32 Å². The van der Waals surface area contributed by atoms with Gasteiger partial charge in [-0.3, -0.25) is 0 Å². The molecule has 0 fully saturated rings. The number of benzene rings is 1. The fourth-order valence-corrected chi connectivity index (χ4v) is 2.51. The Morgan fingerprint density at radius 2 is 2.00 bits per heavy atom. The summed E-state index contributed by atoms with van der Waals surface area (Å²) in [5, 5.41) is 3.51. The molecule has 0 amide bonds. The molecular formula is C14H21N. The Kier molecular flexibility index (Phi) is 2.83. The van der Waals surface area contributed by atoms with Crippen LogP contribution in [0.3, 0.4) is 0 Å². The minimum atomic E-state index is 0.413. The van der Waals surface area contributed by atoms with Crippen molar-refractivity contribution in [1.29, 1.82) is 0 Å². The van der Waals surface area contributed by atoms with E-state index in [9.17, 15) is 0 Å². The van der Waals surface area contributed by atoms with Crippen LogP contribution >= 0.6 is 0 Å². The molecule has 1 heterocycles. The zero-order valence-electron chi connectivity index (χ0n) is 10.0. The molecule has 1 nitrogen and oxygen atoms in total. The summed E-state index contributed by atoms with van der Waals surface area (Å²) in [6.45, 7) is 9.14. The quantitative estimate of drug-likeness (QED) is 0.738. The van der Waals surface area contributed by atoms with Gasteiger partial charge >= 0.3 is 0 Å². The molecule has 0 bridgehead atoms. The molecule has 82 valence electrons. The zero-order valence-corrected chi connectivity index (χ0v) is 10.0. The van der Waals surface area contributed by atoms with Crippen LogP contribution in [0.15, 0.2) is 24.3 Å². The summed E-state index contributed by atoms with van der Waals surface area (Å²) in [5.74, 6) is 0.690. The first-order valence-corrected chi connectivity index (χ1v) is 5.85. The average Bonchev–Trinajstić information content (AvgIpc) is 2.16. The largest absolute Gasteiger partial charge is 0.312 e. The molecule has 1 aromatic rings. The van der Waals surface area contributed by atoms with Gasteiger partial charge in [0.1, 0.15) is 0 Å². The van der Waals surface area contributed by atoms with Crippen molar-refractivity contribution in [2.24, 2.45) is 5.41 Å². The highest BCUT2D eigenvalue weighted by Gasteiger charge is 2.24. The highest BCUT2D eigenvalue weighted by Crippen LogP contribution is 2.34. The van der Waals surface area contributed by atoms with Crippen LogP contribution in [0.25, 0.3) is 0 Å². The predicted molar refractivity (Wildman–Crippen MR) is 65.0 cm³/mol. The molecule has 0 saturated carbocycles. The van der Waals surface area contributed by atoms with Crippen molar-refractivity contribution in [2.75, 3.05) is 6.54 Å².